The number of hydrogen-bond donors (Lipinski definition) is 2. The second kappa shape index (κ2) is 10.1. The van der Waals surface area contributed by atoms with Crippen molar-refractivity contribution in [3.63, 3.8) is 0 Å². The maximum Gasteiger partial charge on any atom is 0.338 e. The van der Waals surface area contributed by atoms with Crippen LogP contribution in [0.4, 0.5) is 0 Å². The van der Waals surface area contributed by atoms with Gasteiger partial charge in [-0.05, 0) is 55.3 Å². The van der Waals surface area contributed by atoms with Crippen LogP contribution in [0.15, 0.2) is 48.5 Å². The highest BCUT2D eigenvalue weighted by atomic mass is 16.5. The van der Waals surface area contributed by atoms with Crippen LogP contribution in [-0.2, 0) is 9.47 Å². The quantitative estimate of drug-likeness (QED) is 0.589. The Morgan fingerprint density at radius 3 is 1.75 bits per heavy atom. The van der Waals surface area contributed by atoms with E-state index in [1.165, 1.54) is 48.5 Å². The van der Waals surface area contributed by atoms with Crippen LogP contribution in [0.1, 0.15) is 73.5 Å². The standard InChI is InChI=1S/C24H24O8/c25-20(26)16-7-9-17(10-8-16)22(29)31-14-24(11-2-1-3-12-24)15-32-23(30)19-6-4-5-18(13-19)21(27)28/h4-10,13H,1-3,11-12,14-15H2,(H,25,26)(H,27,28). The number of ether oxygens (including phenoxy) is 2. The molecule has 0 spiro atoms. The second-order valence-electron chi connectivity index (χ2n) is 7.98. The Kier molecular flexibility index (Phi) is 7.25. The molecule has 2 aromatic carbocycles. The van der Waals surface area contributed by atoms with Crippen molar-refractivity contribution in [1.82, 2.24) is 0 Å². The first-order valence-electron chi connectivity index (χ1n) is 10.3. The van der Waals surface area contributed by atoms with Gasteiger partial charge in [-0.1, -0.05) is 25.3 Å². The van der Waals surface area contributed by atoms with Crippen molar-refractivity contribution in [2.75, 3.05) is 13.2 Å². The Balaban J connectivity index is 1.64. The number of aromatic carboxylic acids is 2. The third kappa shape index (κ3) is 5.72. The summed E-state index contributed by atoms with van der Waals surface area (Å²) in [7, 11) is 0. The molecule has 0 aromatic heterocycles. The average Bonchev–Trinajstić information content (AvgIpc) is 2.82. The summed E-state index contributed by atoms with van der Waals surface area (Å²) in [5.41, 5.74) is -0.0664. The highest BCUT2D eigenvalue weighted by Crippen LogP contribution is 2.37. The van der Waals surface area contributed by atoms with Crippen molar-refractivity contribution >= 4 is 23.9 Å². The number of benzene rings is 2. The monoisotopic (exact) mass is 440 g/mol. The summed E-state index contributed by atoms with van der Waals surface area (Å²) in [6.07, 6.45) is 4.32. The molecule has 32 heavy (non-hydrogen) atoms. The van der Waals surface area contributed by atoms with Crippen molar-refractivity contribution in [1.29, 1.82) is 0 Å². The molecule has 8 heteroatoms. The molecule has 1 saturated carbocycles. The van der Waals surface area contributed by atoms with Gasteiger partial charge < -0.3 is 19.7 Å². The first-order chi connectivity index (χ1) is 15.3. The van der Waals surface area contributed by atoms with Crippen LogP contribution in [0, 0.1) is 5.41 Å². The third-order valence-corrected chi connectivity index (χ3v) is 5.65. The second-order valence-corrected chi connectivity index (χ2v) is 7.98. The van der Waals surface area contributed by atoms with Crippen LogP contribution in [0.25, 0.3) is 0 Å². The summed E-state index contributed by atoms with van der Waals surface area (Å²) in [6, 6.07) is 11.1. The molecular formula is C24H24O8. The van der Waals surface area contributed by atoms with E-state index in [0.717, 1.165) is 32.1 Å². The van der Waals surface area contributed by atoms with Crippen molar-refractivity contribution in [2.24, 2.45) is 5.41 Å². The summed E-state index contributed by atoms with van der Waals surface area (Å²) in [4.78, 5) is 47.0. The molecule has 0 bridgehead atoms. The smallest absolute Gasteiger partial charge is 0.338 e. The van der Waals surface area contributed by atoms with Gasteiger partial charge in [-0.2, -0.15) is 0 Å². The molecule has 0 atom stereocenters. The van der Waals surface area contributed by atoms with E-state index in [2.05, 4.69) is 0 Å². The number of hydrogen-bond acceptors (Lipinski definition) is 6. The number of esters is 2. The third-order valence-electron chi connectivity index (χ3n) is 5.65. The number of carbonyl (C=O) groups is 4. The Hall–Kier alpha value is -3.68. The van der Waals surface area contributed by atoms with Gasteiger partial charge in [0.1, 0.15) is 13.2 Å². The van der Waals surface area contributed by atoms with Crippen LogP contribution in [0.3, 0.4) is 0 Å². The van der Waals surface area contributed by atoms with Gasteiger partial charge in [-0.25, -0.2) is 19.2 Å². The van der Waals surface area contributed by atoms with E-state index in [1.54, 1.807) is 0 Å². The van der Waals surface area contributed by atoms with Crippen molar-refractivity contribution in [2.45, 2.75) is 32.1 Å². The number of carboxylic acids is 2. The van der Waals surface area contributed by atoms with Crippen molar-refractivity contribution in [3.8, 4) is 0 Å². The minimum Gasteiger partial charge on any atom is -0.478 e. The van der Waals surface area contributed by atoms with Gasteiger partial charge in [0, 0.05) is 5.41 Å². The molecule has 168 valence electrons. The molecule has 0 unspecified atom stereocenters. The fraction of sp³-hybridized carbons (Fsp3) is 0.333. The minimum absolute atomic E-state index is 0.00493. The molecular weight excluding hydrogens is 416 g/mol. The molecule has 8 nitrogen and oxygen atoms in total. The molecule has 2 N–H and O–H groups in total. The van der Waals surface area contributed by atoms with Gasteiger partial charge in [0.05, 0.1) is 22.3 Å². The van der Waals surface area contributed by atoms with Gasteiger partial charge in [0.15, 0.2) is 0 Å². The number of rotatable bonds is 8. The predicted molar refractivity (Wildman–Crippen MR) is 113 cm³/mol. The minimum atomic E-state index is -1.13. The average molecular weight is 440 g/mol. The summed E-state index contributed by atoms with van der Waals surface area (Å²) in [6.45, 7) is 0.114. The largest absolute Gasteiger partial charge is 0.478 e. The number of carboxylic acid groups (broad SMARTS) is 2. The van der Waals surface area contributed by atoms with E-state index in [4.69, 9.17) is 19.7 Å². The van der Waals surface area contributed by atoms with Crippen LogP contribution in [0.5, 0.6) is 0 Å². The summed E-state index contributed by atoms with van der Waals surface area (Å²) in [5.74, 6) is -3.42. The molecule has 3 rings (SSSR count). The lowest BCUT2D eigenvalue weighted by atomic mass is 9.75. The van der Waals surface area contributed by atoms with E-state index >= 15 is 0 Å². The lowest BCUT2D eigenvalue weighted by Crippen LogP contribution is -2.36. The van der Waals surface area contributed by atoms with Gasteiger partial charge in [-0.15, -0.1) is 0 Å². The summed E-state index contributed by atoms with van der Waals surface area (Å²) in [5, 5.41) is 18.1. The van der Waals surface area contributed by atoms with E-state index in [0.29, 0.717) is 0 Å². The van der Waals surface area contributed by atoms with Crippen LogP contribution in [-0.4, -0.2) is 47.3 Å². The lowest BCUT2D eigenvalue weighted by molar-refractivity contribution is -0.0199. The molecule has 0 radical (unpaired) electrons. The molecule has 1 aliphatic carbocycles. The van der Waals surface area contributed by atoms with E-state index in [1.807, 2.05) is 0 Å². The maximum atomic E-state index is 12.5. The van der Waals surface area contributed by atoms with E-state index < -0.39 is 29.3 Å². The molecule has 0 saturated heterocycles. The Morgan fingerprint density at radius 1 is 0.688 bits per heavy atom. The topological polar surface area (TPSA) is 127 Å². The van der Waals surface area contributed by atoms with Crippen LogP contribution >= 0.6 is 0 Å². The van der Waals surface area contributed by atoms with E-state index in [9.17, 15) is 19.2 Å². The lowest BCUT2D eigenvalue weighted by Gasteiger charge is -2.36. The van der Waals surface area contributed by atoms with Crippen LogP contribution < -0.4 is 0 Å². The predicted octanol–water partition coefficient (Wildman–Crippen LogP) is 4.05. The molecule has 1 aliphatic rings. The molecule has 2 aromatic rings. The zero-order chi connectivity index (χ0) is 23.1. The van der Waals surface area contributed by atoms with Crippen LogP contribution in [0.2, 0.25) is 0 Å². The Bertz CT molecular complexity index is 1000. The normalized spacial score (nSPS) is 14.9. The van der Waals surface area contributed by atoms with Gasteiger partial charge in [0.2, 0.25) is 0 Å². The Labute approximate surface area is 184 Å². The first-order valence-corrected chi connectivity index (χ1v) is 10.3. The highest BCUT2D eigenvalue weighted by molar-refractivity contribution is 5.94. The zero-order valence-electron chi connectivity index (χ0n) is 17.4. The van der Waals surface area contributed by atoms with Gasteiger partial charge in [-0.3, -0.25) is 0 Å². The van der Waals surface area contributed by atoms with Gasteiger partial charge in [0.25, 0.3) is 0 Å². The fourth-order valence-corrected chi connectivity index (χ4v) is 3.76. The van der Waals surface area contributed by atoms with Gasteiger partial charge >= 0.3 is 23.9 Å². The van der Waals surface area contributed by atoms with E-state index in [-0.39, 0.29) is 35.5 Å². The first kappa shape index (κ1) is 23.0. The maximum absolute atomic E-state index is 12.5. The molecule has 0 heterocycles. The summed E-state index contributed by atoms with van der Waals surface area (Å²) < 4.78 is 11.0. The van der Waals surface area contributed by atoms with Crippen molar-refractivity contribution < 1.29 is 38.9 Å². The van der Waals surface area contributed by atoms with Crippen molar-refractivity contribution in [3.05, 3.63) is 70.8 Å². The molecule has 0 amide bonds. The highest BCUT2D eigenvalue weighted by Gasteiger charge is 2.35. The molecule has 1 fully saturated rings. The summed E-state index contributed by atoms with van der Waals surface area (Å²) >= 11 is 0. The SMILES string of the molecule is O=C(O)c1ccc(C(=O)OCC2(COC(=O)c3cccc(C(=O)O)c3)CCCCC2)cc1. The molecule has 0 aliphatic heterocycles. The fourth-order valence-electron chi connectivity index (χ4n) is 3.76. The number of carbonyl (C=O) groups excluding carboxylic acids is 2. The Morgan fingerprint density at radius 2 is 1.19 bits per heavy atom. The zero-order valence-corrected chi connectivity index (χ0v) is 17.4.